The van der Waals surface area contributed by atoms with Gasteiger partial charge in [0.15, 0.2) is 0 Å². The van der Waals surface area contributed by atoms with Gasteiger partial charge in [0, 0.05) is 33.3 Å². The van der Waals surface area contributed by atoms with Crippen LogP contribution in [-0.2, 0) is 24.3 Å². The summed E-state index contributed by atoms with van der Waals surface area (Å²) in [4.78, 5) is 25.7. The fraction of sp³-hybridized carbons (Fsp3) is 0.500. The van der Waals surface area contributed by atoms with Gasteiger partial charge in [-0.3, -0.25) is 9.59 Å². The first-order chi connectivity index (χ1) is 13.3. The number of piperazine rings is 1. The van der Waals surface area contributed by atoms with Crippen molar-refractivity contribution in [2.75, 3.05) is 39.9 Å². The number of aromatic nitrogens is 2. The fourth-order valence-electron chi connectivity index (χ4n) is 3.03. The second-order valence-electron chi connectivity index (χ2n) is 6.34. The van der Waals surface area contributed by atoms with Crippen LogP contribution in [-0.4, -0.2) is 84.1 Å². The van der Waals surface area contributed by atoms with E-state index >= 15 is 0 Å². The van der Waals surface area contributed by atoms with Gasteiger partial charge in [-0.05, 0) is 19.1 Å². The number of ether oxygens (including phenoxy) is 1. The molecule has 0 unspecified atom stereocenters. The van der Waals surface area contributed by atoms with E-state index in [-0.39, 0.29) is 49.5 Å². The molecule has 1 aliphatic heterocycles. The molecule has 2 aromatic rings. The third kappa shape index (κ3) is 4.14. The number of sulfonamides is 1. The van der Waals surface area contributed by atoms with Gasteiger partial charge in [0.05, 0.1) is 11.7 Å². The normalized spacial score (nSPS) is 16.9. The third-order valence-corrected chi connectivity index (χ3v) is 6.91. The SMILES string of the molecule is COCC(=O)N[C@H](C)C(=O)N1CCN(S(=O)(=O)c2cccc3nsnc23)CC1. The minimum Gasteiger partial charge on any atom is -0.375 e. The smallest absolute Gasteiger partial charge is 0.246 e. The number of benzene rings is 1. The van der Waals surface area contributed by atoms with Crippen LogP contribution in [0.5, 0.6) is 0 Å². The third-order valence-electron chi connectivity index (χ3n) is 4.44. The van der Waals surface area contributed by atoms with Crippen LogP contribution in [0.25, 0.3) is 11.0 Å². The number of carbonyl (C=O) groups is 2. The standard InChI is InChI=1S/C16H21N5O5S2/c1-11(17-14(22)10-26-2)16(23)20-6-8-21(9-7-20)28(24,25)13-5-3-4-12-15(13)19-27-18-12/h3-5,11H,6-10H2,1-2H3,(H,17,22)/t11-/m1/s1. The van der Waals surface area contributed by atoms with Crippen molar-refractivity contribution in [1.29, 1.82) is 0 Å². The minimum absolute atomic E-state index is 0.124. The maximum atomic E-state index is 13.0. The number of hydrogen-bond acceptors (Lipinski definition) is 8. The zero-order chi connectivity index (χ0) is 20.3. The van der Waals surface area contributed by atoms with E-state index in [0.29, 0.717) is 11.0 Å². The molecule has 1 aliphatic rings. The predicted molar refractivity (Wildman–Crippen MR) is 102 cm³/mol. The van der Waals surface area contributed by atoms with Crippen molar-refractivity contribution in [3.63, 3.8) is 0 Å². The van der Waals surface area contributed by atoms with Gasteiger partial charge >= 0.3 is 0 Å². The van der Waals surface area contributed by atoms with Gasteiger partial charge in [-0.25, -0.2) is 8.42 Å². The average molecular weight is 428 g/mol. The van der Waals surface area contributed by atoms with Crippen LogP contribution in [0.3, 0.4) is 0 Å². The Labute approximate surface area is 166 Å². The first kappa shape index (κ1) is 20.6. The first-order valence-corrected chi connectivity index (χ1v) is 10.8. The Bertz CT molecular complexity index is 969. The van der Waals surface area contributed by atoms with Crippen molar-refractivity contribution < 1.29 is 22.7 Å². The zero-order valence-corrected chi connectivity index (χ0v) is 17.1. The van der Waals surface area contributed by atoms with Crippen molar-refractivity contribution in [2.24, 2.45) is 0 Å². The Kier molecular flexibility index (Phi) is 6.23. The molecule has 1 saturated heterocycles. The lowest BCUT2D eigenvalue weighted by Gasteiger charge is -2.35. The molecule has 12 heteroatoms. The second kappa shape index (κ2) is 8.47. The molecule has 10 nitrogen and oxygen atoms in total. The van der Waals surface area contributed by atoms with E-state index in [1.165, 1.54) is 17.5 Å². The van der Waals surface area contributed by atoms with Gasteiger partial charge in [-0.1, -0.05) is 6.07 Å². The van der Waals surface area contributed by atoms with Crippen molar-refractivity contribution in [3.05, 3.63) is 18.2 Å². The molecule has 1 aromatic carbocycles. The topological polar surface area (TPSA) is 122 Å². The van der Waals surface area contributed by atoms with Crippen molar-refractivity contribution in [2.45, 2.75) is 17.9 Å². The molecule has 2 amide bonds. The monoisotopic (exact) mass is 427 g/mol. The molecule has 1 N–H and O–H groups in total. The minimum atomic E-state index is -3.74. The summed E-state index contributed by atoms with van der Waals surface area (Å²) in [6.45, 7) is 2.29. The van der Waals surface area contributed by atoms with Crippen LogP contribution >= 0.6 is 11.7 Å². The number of rotatable bonds is 6. The van der Waals surface area contributed by atoms with Crippen molar-refractivity contribution in [1.82, 2.24) is 23.3 Å². The molecule has 0 saturated carbocycles. The Morgan fingerprint density at radius 1 is 1.25 bits per heavy atom. The number of methoxy groups -OCH3 is 1. The number of nitrogens with zero attached hydrogens (tertiary/aromatic N) is 4. The van der Waals surface area contributed by atoms with Gasteiger partial charge in [-0.2, -0.15) is 13.1 Å². The fourth-order valence-corrected chi connectivity index (χ4v) is 5.20. The zero-order valence-electron chi connectivity index (χ0n) is 15.5. The maximum absolute atomic E-state index is 13.0. The van der Waals surface area contributed by atoms with Crippen LogP contribution in [0.1, 0.15) is 6.92 Å². The summed E-state index contributed by atoms with van der Waals surface area (Å²) in [5.74, 6) is -0.637. The Morgan fingerprint density at radius 3 is 2.64 bits per heavy atom. The Balaban J connectivity index is 1.65. The number of fused-ring (bicyclic) bond motifs is 1. The Hall–Kier alpha value is -2.15. The first-order valence-electron chi connectivity index (χ1n) is 8.63. The molecule has 0 bridgehead atoms. The molecule has 28 heavy (non-hydrogen) atoms. The van der Waals surface area contributed by atoms with Gasteiger partial charge in [0.1, 0.15) is 28.6 Å². The van der Waals surface area contributed by atoms with E-state index in [2.05, 4.69) is 14.1 Å². The summed E-state index contributed by atoms with van der Waals surface area (Å²) in [6, 6.07) is 4.17. The van der Waals surface area contributed by atoms with Crippen LogP contribution in [0.2, 0.25) is 0 Å². The van der Waals surface area contributed by atoms with Gasteiger partial charge in [-0.15, -0.1) is 0 Å². The van der Waals surface area contributed by atoms with Crippen LogP contribution in [0.4, 0.5) is 0 Å². The molecule has 1 aromatic heterocycles. The average Bonchev–Trinajstić information content (AvgIpc) is 3.16. The molecule has 2 heterocycles. The van der Waals surface area contributed by atoms with E-state index in [4.69, 9.17) is 4.74 Å². The second-order valence-corrected chi connectivity index (χ2v) is 8.77. The van der Waals surface area contributed by atoms with E-state index in [0.717, 1.165) is 11.7 Å². The lowest BCUT2D eigenvalue weighted by molar-refractivity contribution is -0.137. The van der Waals surface area contributed by atoms with Gasteiger partial charge in [0.25, 0.3) is 0 Å². The van der Waals surface area contributed by atoms with E-state index in [1.807, 2.05) is 0 Å². The molecule has 152 valence electrons. The van der Waals surface area contributed by atoms with E-state index < -0.39 is 16.1 Å². The summed E-state index contributed by atoms with van der Waals surface area (Å²) in [6.07, 6.45) is 0. The Morgan fingerprint density at radius 2 is 1.96 bits per heavy atom. The molecule has 3 rings (SSSR count). The molecular weight excluding hydrogens is 406 g/mol. The van der Waals surface area contributed by atoms with Crippen LogP contribution in [0.15, 0.2) is 23.1 Å². The van der Waals surface area contributed by atoms with Crippen molar-refractivity contribution in [3.8, 4) is 0 Å². The van der Waals surface area contributed by atoms with Crippen LogP contribution < -0.4 is 5.32 Å². The van der Waals surface area contributed by atoms with Gasteiger partial charge in [0.2, 0.25) is 21.8 Å². The number of amides is 2. The predicted octanol–water partition coefficient (Wildman–Crippen LogP) is -0.325. The molecule has 1 fully saturated rings. The molecule has 0 radical (unpaired) electrons. The largest absolute Gasteiger partial charge is 0.375 e. The summed E-state index contributed by atoms with van der Waals surface area (Å²) in [7, 11) is -2.34. The number of carbonyl (C=O) groups excluding carboxylic acids is 2. The van der Waals surface area contributed by atoms with Crippen molar-refractivity contribution >= 4 is 44.6 Å². The highest BCUT2D eigenvalue weighted by Gasteiger charge is 2.33. The molecule has 0 aliphatic carbocycles. The summed E-state index contributed by atoms with van der Waals surface area (Å²) in [5, 5.41) is 2.56. The highest BCUT2D eigenvalue weighted by molar-refractivity contribution is 7.89. The highest BCUT2D eigenvalue weighted by Crippen LogP contribution is 2.25. The van der Waals surface area contributed by atoms with Crippen LogP contribution in [0, 0.1) is 0 Å². The lowest BCUT2D eigenvalue weighted by Crippen LogP contribution is -2.55. The molecule has 1 atom stereocenters. The summed E-state index contributed by atoms with van der Waals surface area (Å²) >= 11 is 0.966. The number of nitrogens with one attached hydrogen (secondary N) is 1. The molecular formula is C16H21N5O5S2. The quantitative estimate of drug-likeness (QED) is 0.670. The summed E-state index contributed by atoms with van der Waals surface area (Å²) in [5.41, 5.74) is 0.904. The van der Waals surface area contributed by atoms with E-state index in [9.17, 15) is 18.0 Å². The maximum Gasteiger partial charge on any atom is 0.246 e. The van der Waals surface area contributed by atoms with E-state index in [1.54, 1.807) is 24.0 Å². The number of hydrogen-bond donors (Lipinski definition) is 1. The summed E-state index contributed by atoms with van der Waals surface area (Å²) < 4.78 is 40.3. The van der Waals surface area contributed by atoms with Gasteiger partial charge < -0.3 is 15.0 Å². The lowest BCUT2D eigenvalue weighted by atomic mass is 10.2. The molecule has 0 spiro atoms. The highest BCUT2D eigenvalue weighted by atomic mass is 32.2.